The molecule has 1 fully saturated rings. The van der Waals surface area contributed by atoms with Crippen LogP contribution in [0.25, 0.3) is 0 Å². The Morgan fingerprint density at radius 2 is 2.00 bits per heavy atom. The Morgan fingerprint density at radius 3 is 2.53 bits per heavy atom. The zero-order valence-corrected chi connectivity index (χ0v) is 8.82. The van der Waals surface area contributed by atoms with Crippen LogP contribution in [0.3, 0.4) is 0 Å². The summed E-state index contributed by atoms with van der Waals surface area (Å²) in [6.45, 7) is 1.59. The molecule has 0 unspecified atom stereocenters. The maximum absolute atomic E-state index is 11.2. The molecular formula is C9H17N3O3. The molecule has 0 spiro atoms. The standard InChI is InChI=1S/C9H17N3O3/c1-12-4-2-7(3-5-12)11-9(15)10-6-8(13)14/h7H,2-6H2,1H3,(H,13,14)(H2,10,11,15). The number of piperidine rings is 1. The van der Waals surface area contributed by atoms with Crippen molar-refractivity contribution < 1.29 is 14.7 Å². The Morgan fingerprint density at radius 1 is 1.40 bits per heavy atom. The van der Waals surface area contributed by atoms with E-state index in [-0.39, 0.29) is 12.6 Å². The molecule has 3 N–H and O–H groups in total. The van der Waals surface area contributed by atoms with Crippen LogP contribution < -0.4 is 10.6 Å². The highest BCUT2D eigenvalue weighted by molar-refractivity contribution is 5.79. The first-order chi connectivity index (χ1) is 7.08. The Bertz CT molecular complexity index is 237. The van der Waals surface area contributed by atoms with Crippen molar-refractivity contribution in [3.63, 3.8) is 0 Å². The highest BCUT2D eigenvalue weighted by atomic mass is 16.4. The average molecular weight is 215 g/mol. The summed E-state index contributed by atoms with van der Waals surface area (Å²) < 4.78 is 0. The van der Waals surface area contributed by atoms with Gasteiger partial charge < -0.3 is 20.6 Å². The fraction of sp³-hybridized carbons (Fsp3) is 0.778. The lowest BCUT2D eigenvalue weighted by Crippen LogP contribution is -2.48. The largest absolute Gasteiger partial charge is 0.480 e. The van der Waals surface area contributed by atoms with Crippen LogP contribution in [0.5, 0.6) is 0 Å². The van der Waals surface area contributed by atoms with Gasteiger partial charge in [0.1, 0.15) is 6.54 Å². The van der Waals surface area contributed by atoms with Crippen molar-refractivity contribution in [2.75, 3.05) is 26.7 Å². The van der Waals surface area contributed by atoms with Crippen molar-refractivity contribution in [3.8, 4) is 0 Å². The minimum absolute atomic E-state index is 0.162. The Kier molecular flexibility index (Phi) is 4.36. The van der Waals surface area contributed by atoms with Gasteiger partial charge in [0.15, 0.2) is 0 Å². The summed E-state index contributed by atoms with van der Waals surface area (Å²) in [5.74, 6) is -1.03. The lowest BCUT2D eigenvalue weighted by Gasteiger charge is -2.29. The third-order valence-electron chi connectivity index (χ3n) is 2.45. The SMILES string of the molecule is CN1CCC(NC(=O)NCC(=O)O)CC1. The number of rotatable bonds is 3. The lowest BCUT2D eigenvalue weighted by atomic mass is 10.1. The number of carbonyl (C=O) groups excluding carboxylic acids is 1. The lowest BCUT2D eigenvalue weighted by molar-refractivity contribution is -0.135. The topological polar surface area (TPSA) is 81.7 Å². The predicted molar refractivity (Wildman–Crippen MR) is 54.7 cm³/mol. The monoisotopic (exact) mass is 215 g/mol. The first-order valence-corrected chi connectivity index (χ1v) is 5.02. The number of urea groups is 1. The van der Waals surface area contributed by atoms with Crippen molar-refractivity contribution in [1.82, 2.24) is 15.5 Å². The van der Waals surface area contributed by atoms with Gasteiger partial charge in [-0.3, -0.25) is 4.79 Å². The van der Waals surface area contributed by atoms with Gasteiger partial charge in [0.05, 0.1) is 0 Å². The van der Waals surface area contributed by atoms with Gasteiger partial charge in [0.2, 0.25) is 0 Å². The summed E-state index contributed by atoms with van der Waals surface area (Å²) in [5, 5.41) is 13.4. The van der Waals surface area contributed by atoms with Crippen molar-refractivity contribution in [1.29, 1.82) is 0 Å². The van der Waals surface area contributed by atoms with E-state index in [0.29, 0.717) is 0 Å². The Balaban J connectivity index is 2.17. The summed E-state index contributed by atoms with van der Waals surface area (Å²) in [6, 6.07) is -0.234. The number of carboxylic acid groups (broad SMARTS) is 1. The first-order valence-electron chi connectivity index (χ1n) is 5.02. The summed E-state index contributed by atoms with van der Waals surface area (Å²) in [6.07, 6.45) is 1.83. The fourth-order valence-electron chi connectivity index (χ4n) is 1.55. The molecule has 0 atom stereocenters. The average Bonchev–Trinajstić information content (AvgIpc) is 2.19. The van der Waals surface area contributed by atoms with Crippen LogP contribution in [0, 0.1) is 0 Å². The maximum Gasteiger partial charge on any atom is 0.323 e. The van der Waals surface area contributed by atoms with Crippen molar-refractivity contribution in [3.05, 3.63) is 0 Å². The molecule has 2 amide bonds. The van der Waals surface area contributed by atoms with Crippen LogP contribution >= 0.6 is 0 Å². The summed E-state index contributed by atoms with van der Waals surface area (Å²) in [7, 11) is 2.04. The van der Waals surface area contributed by atoms with Crippen LogP contribution in [0.4, 0.5) is 4.79 Å². The van der Waals surface area contributed by atoms with E-state index < -0.39 is 12.0 Å². The van der Waals surface area contributed by atoms with Crippen molar-refractivity contribution in [2.45, 2.75) is 18.9 Å². The van der Waals surface area contributed by atoms with E-state index in [1.165, 1.54) is 0 Å². The molecule has 0 bridgehead atoms. The van der Waals surface area contributed by atoms with E-state index in [9.17, 15) is 9.59 Å². The van der Waals surface area contributed by atoms with Gasteiger partial charge >= 0.3 is 12.0 Å². The third-order valence-corrected chi connectivity index (χ3v) is 2.45. The smallest absolute Gasteiger partial charge is 0.323 e. The van der Waals surface area contributed by atoms with Crippen molar-refractivity contribution in [2.24, 2.45) is 0 Å². The molecule has 0 aliphatic carbocycles. The van der Waals surface area contributed by atoms with E-state index in [4.69, 9.17) is 5.11 Å². The van der Waals surface area contributed by atoms with Crippen LogP contribution in [-0.2, 0) is 4.79 Å². The molecule has 86 valence electrons. The molecule has 15 heavy (non-hydrogen) atoms. The van der Waals surface area contributed by atoms with Crippen LogP contribution in [0.1, 0.15) is 12.8 Å². The number of nitrogens with one attached hydrogen (secondary N) is 2. The van der Waals surface area contributed by atoms with E-state index in [0.717, 1.165) is 25.9 Å². The third kappa shape index (κ3) is 4.64. The van der Waals surface area contributed by atoms with Crippen LogP contribution in [-0.4, -0.2) is 54.7 Å². The Labute approximate surface area is 88.6 Å². The minimum atomic E-state index is -1.03. The van der Waals surface area contributed by atoms with Gasteiger partial charge in [-0.2, -0.15) is 0 Å². The molecule has 0 radical (unpaired) electrons. The first kappa shape index (κ1) is 11.8. The predicted octanol–water partition coefficient (Wildman–Crippen LogP) is -0.536. The summed E-state index contributed by atoms with van der Waals surface area (Å²) in [4.78, 5) is 23.6. The molecule has 1 saturated heterocycles. The van der Waals surface area contributed by atoms with Gasteiger partial charge in [-0.05, 0) is 33.0 Å². The van der Waals surface area contributed by atoms with Gasteiger partial charge in [0, 0.05) is 6.04 Å². The molecule has 1 aliphatic rings. The molecule has 0 aromatic heterocycles. The molecular weight excluding hydrogens is 198 g/mol. The molecule has 1 rings (SSSR count). The molecule has 0 saturated carbocycles. The highest BCUT2D eigenvalue weighted by Crippen LogP contribution is 2.07. The maximum atomic E-state index is 11.2. The highest BCUT2D eigenvalue weighted by Gasteiger charge is 2.18. The summed E-state index contributed by atoms with van der Waals surface area (Å²) >= 11 is 0. The number of carbonyl (C=O) groups is 2. The molecule has 1 heterocycles. The number of aliphatic carboxylic acids is 1. The number of likely N-dealkylation sites (tertiary alicyclic amines) is 1. The van der Waals surface area contributed by atoms with Gasteiger partial charge in [-0.25, -0.2) is 4.79 Å². The number of nitrogens with zero attached hydrogens (tertiary/aromatic N) is 1. The van der Waals surface area contributed by atoms with E-state index in [1.807, 2.05) is 7.05 Å². The van der Waals surface area contributed by atoms with Gasteiger partial charge in [0.25, 0.3) is 0 Å². The van der Waals surface area contributed by atoms with Crippen molar-refractivity contribution >= 4 is 12.0 Å². The molecule has 1 aliphatic heterocycles. The fourth-order valence-corrected chi connectivity index (χ4v) is 1.55. The zero-order valence-electron chi connectivity index (χ0n) is 8.82. The van der Waals surface area contributed by atoms with E-state index >= 15 is 0 Å². The number of hydrogen-bond acceptors (Lipinski definition) is 3. The van der Waals surface area contributed by atoms with Crippen LogP contribution in [0.15, 0.2) is 0 Å². The van der Waals surface area contributed by atoms with Gasteiger partial charge in [-0.1, -0.05) is 0 Å². The number of carboxylic acids is 1. The second-order valence-corrected chi connectivity index (χ2v) is 3.80. The number of amides is 2. The minimum Gasteiger partial charge on any atom is -0.480 e. The normalized spacial score (nSPS) is 18.5. The summed E-state index contributed by atoms with van der Waals surface area (Å²) in [5.41, 5.74) is 0. The van der Waals surface area contributed by atoms with Crippen LogP contribution in [0.2, 0.25) is 0 Å². The van der Waals surface area contributed by atoms with E-state index in [1.54, 1.807) is 0 Å². The molecule has 6 nitrogen and oxygen atoms in total. The zero-order chi connectivity index (χ0) is 11.3. The quantitative estimate of drug-likeness (QED) is 0.591. The second kappa shape index (κ2) is 5.55. The molecule has 6 heteroatoms. The van der Waals surface area contributed by atoms with Gasteiger partial charge in [-0.15, -0.1) is 0 Å². The van der Waals surface area contributed by atoms with E-state index in [2.05, 4.69) is 15.5 Å². The molecule has 0 aromatic carbocycles. The Hall–Kier alpha value is -1.30. The number of hydrogen-bond donors (Lipinski definition) is 3. The molecule has 0 aromatic rings. The second-order valence-electron chi connectivity index (χ2n) is 3.80.